The highest BCUT2D eigenvalue weighted by molar-refractivity contribution is 6.33. The van der Waals surface area contributed by atoms with Crippen LogP contribution in [0.4, 0.5) is 5.69 Å². The van der Waals surface area contributed by atoms with Crippen molar-refractivity contribution in [2.75, 3.05) is 31.8 Å². The Hall–Kier alpha value is -2.77. The second-order valence-electron chi connectivity index (χ2n) is 8.01. The van der Waals surface area contributed by atoms with E-state index in [4.69, 9.17) is 25.8 Å². The molecule has 2 aliphatic heterocycles. The molecule has 2 aliphatic rings. The van der Waals surface area contributed by atoms with Crippen LogP contribution < -0.4 is 19.7 Å². The molecule has 2 amide bonds. The standard InChI is InChI=1S/C24H27ClN2O5/c1-30-22-11-16(8-9-21(22)32-15-18-5-4-10-31-18)13-26-24(29)17-12-23(28)27(14-17)20-7-3-2-6-19(20)25/h2-3,6-9,11,17-18H,4-5,10,12-15H2,1H3,(H,26,29). The number of amides is 2. The van der Waals surface area contributed by atoms with Crippen LogP contribution in [0.3, 0.4) is 0 Å². The lowest BCUT2D eigenvalue weighted by atomic mass is 10.1. The molecule has 2 saturated heterocycles. The number of rotatable bonds is 8. The average molecular weight is 459 g/mol. The summed E-state index contributed by atoms with van der Waals surface area (Å²) in [6.07, 6.45) is 2.35. The van der Waals surface area contributed by atoms with Crippen molar-refractivity contribution in [2.24, 2.45) is 5.92 Å². The van der Waals surface area contributed by atoms with Gasteiger partial charge in [-0.2, -0.15) is 0 Å². The molecule has 7 nitrogen and oxygen atoms in total. The zero-order chi connectivity index (χ0) is 22.5. The molecule has 8 heteroatoms. The smallest absolute Gasteiger partial charge is 0.227 e. The van der Waals surface area contributed by atoms with E-state index in [1.165, 1.54) is 0 Å². The van der Waals surface area contributed by atoms with Crippen molar-refractivity contribution in [3.05, 3.63) is 53.1 Å². The SMILES string of the molecule is COc1cc(CNC(=O)C2CC(=O)N(c3ccccc3Cl)C2)ccc1OCC1CCCO1. The normalized spacial score (nSPS) is 20.4. The number of nitrogens with zero attached hydrogens (tertiary/aromatic N) is 1. The highest BCUT2D eigenvalue weighted by atomic mass is 35.5. The first-order valence-electron chi connectivity index (χ1n) is 10.8. The molecule has 0 saturated carbocycles. The largest absolute Gasteiger partial charge is 0.493 e. The topological polar surface area (TPSA) is 77.1 Å². The van der Waals surface area contributed by atoms with Gasteiger partial charge in [-0.25, -0.2) is 0 Å². The molecule has 0 aromatic heterocycles. The van der Waals surface area contributed by atoms with E-state index >= 15 is 0 Å². The predicted octanol–water partition coefficient (Wildman–Crippen LogP) is 3.58. The summed E-state index contributed by atoms with van der Waals surface area (Å²) in [5.41, 5.74) is 1.52. The Labute approximate surface area is 192 Å². The molecular formula is C24H27ClN2O5. The molecule has 2 unspecified atom stereocenters. The van der Waals surface area contributed by atoms with Crippen LogP contribution in [-0.4, -0.2) is 44.8 Å². The van der Waals surface area contributed by atoms with Gasteiger partial charge in [-0.05, 0) is 42.7 Å². The second kappa shape index (κ2) is 10.2. The fraction of sp³-hybridized carbons (Fsp3) is 0.417. The number of para-hydroxylation sites is 1. The number of anilines is 1. The number of benzene rings is 2. The third-order valence-electron chi connectivity index (χ3n) is 5.78. The maximum absolute atomic E-state index is 12.7. The van der Waals surface area contributed by atoms with Crippen LogP contribution in [0, 0.1) is 5.92 Å². The lowest BCUT2D eigenvalue weighted by Crippen LogP contribution is -2.32. The number of nitrogens with one attached hydrogen (secondary N) is 1. The predicted molar refractivity (Wildman–Crippen MR) is 121 cm³/mol. The highest BCUT2D eigenvalue weighted by Crippen LogP contribution is 2.31. The molecule has 0 spiro atoms. The molecule has 32 heavy (non-hydrogen) atoms. The van der Waals surface area contributed by atoms with Crippen molar-refractivity contribution in [2.45, 2.75) is 31.9 Å². The van der Waals surface area contributed by atoms with Gasteiger partial charge in [0, 0.05) is 26.1 Å². The maximum Gasteiger partial charge on any atom is 0.227 e. The maximum atomic E-state index is 12.7. The minimum atomic E-state index is -0.422. The van der Waals surface area contributed by atoms with Gasteiger partial charge in [0.2, 0.25) is 11.8 Å². The van der Waals surface area contributed by atoms with Crippen molar-refractivity contribution in [1.29, 1.82) is 0 Å². The fourth-order valence-corrected chi connectivity index (χ4v) is 4.26. The summed E-state index contributed by atoms with van der Waals surface area (Å²) in [6.45, 7) is 1.92. The number of methoxy groups -OCH3 is 1. The number of ether oxygens (including phenoxy) is 3. The van der Waals surface area contributed by atoms with Gasteiger partial charge < -0.3 is 24.4 Å². The van der Waals surface area contributed by atoms with E-state index in [-0.39, 0.29) is 24.3 Å². The summed E-state index contributed by atoms with van der Waals surface area (Å²) in [5.74, 6) is 0.568. The van der Waals surface area contributed by atoms with Gasteiger partial charge >= 0.3 is 0 Å². The van der Waals surface area contributed by atoms with Crippen molar-refractivity contribution >= 4 is 29.1 Å². The minimum absolute atomic E-state index is 0.104. The Bertz CT molecular complexity index is 977. The Balaban J connectivity index is 1.32. The number of hydrogen-bond donors (Lipinski definition) is 1. The van der Waals surface area contributed by atoms with E-state index in [1.54, 1.807) is 24.1 Å². The molecule has 4 rings (SSSR count). The summed E-state index contributed by atoms with van der Waals surface area (Å²) in [7, 11) is 1.59. The molecule has 0 bridgehead atoms. The summed E-state index contributed by atoms with van der Waals surface area (Å²) >= 11 is 6.22. The van der Waals surface area contributed by atoms with Crippen LogP contribution in [0.1, 0.15) is 24.8 Å². The van der Waals surface area contributed by atoms with E-state index in [1.807, 2.05) is 30.3 Å². The molecule has 2 heterocycles. The van der Waals surface area contributed by atoms with E-state index in [0.29, 0.717) is 41.9 Å². The molecule has 2 fully saturated rings. The van der Waals surface area contributed by atoms with Crippen LogP contribution in [0.25, 0.3) is 0 Å². The van der Waals surface area contributed by atoms with Crippen LogP contribution >= 0.6 is 11.6 Å². The molecular weight excluding hydrogens is 432 g/mol. The second-order valence-corrected chi connectivity index (χ2v) is 8.41. The molecule has 0 aliphatic carbocycles. The molecule has 0 radical (unpaired) electrons. The third kappa shape index (κ3) is 5.16. The van der Waals surface area contributed by atoms with Crippen LogP contribution in [0.5, 0.6) is 11.5 Å². The number of carbonyl (C=O) groups excluding carboxylic acids is 2. The lowest BCUT2D eigenvalue weighted by Gasteiger charge is -2.18. The first-order valence-corrected chi connectivity index (χ1v) is 11.2. The molecule has 1 N–H and O–H groups in total. The van der Waals surface area contributed by atoms with E-state index in [0.717, 1.165) is 25.0 Å². The molecule has 2 atom stereocenters. The highest BCUT2D eigenvalue weighted by Gasteiger charge is 2.35. The number of carbonyl (C=O) groups is 2. The molecule has 2 aromatic rings. The summed E-state index contributed by atoms with van der Waals surface area (Å²) in [4.78, 5) is 26.7. The van der Waals surface area contributed by atoms with Gasteiger partial charge in [0.1, 0.15) is 6.61 Å². The summed E-state index contributed by atoms with van der Waals surface area (Å²) in [6, 6.07) is 12.7. The van der Waals surface area contributed by atoms with E-state index < -0.39 is 5.92 Å². The zero-order valence-electron chi connectivity index (χ0n) is 18.0. The van der Waals surface area contributed by atoms with Crippen molar-refractivity contribution in [3.63, 3.8) is 0 Å². The van der Waals surface area contributed by atoms with Crippen molar-refractivity contribution in [1.82, 2.24) is 5.32 Å². The fourth-order valence-electron chi connectivity index (χ4n) is 4.02. The Morgan fingerprint density at radius 1 is 1.25 bits per heavy atom. The van der Waals surface area contributed by atoms with Gasteiger partial charge in [-0.3, -0.25) is 9.59 Å². The van der Waals surface area contributed by atoms with Crippen LogP contribution in [0.15, 0.2) is 42.5 Å². The Kier molecular flexibility index (Phi) is 7.17. The van der Waals surface area contributed by atoms with E-state index in [2.05, 4.69) is 5.32 Å². The zero-order valence-corrected chi connectivity index (χ0v) is 18.8. The first kappa shape index (κ1) is 22.4. The van der Waals surface area contributed by atoms with Crippen LogP contribution in [-0.2, 0) is 20.9 Å². The van der Waals surface area contributed by atoms with Gasteiger partial charge in [0.15, 0.2) is 11.5 Å². The average Bonchev–Trinajstić information content (AvgIpc) is 3.46. The van der Waals surface area contributed by atoms with Gasteiger partial charge in [0.05, 0.1) is 29.8 Å². The quantitative estimate of drug-likeness (QED) is 0.654. The summed E-state index contributed by atoms with van der Waals surface area (Å²) in [5, 5.41) is 3.42. The number of hydrogen-bond acceptors (Lipinski definition) is 5. The Morgan fingerprint density at radius 3 is 2.84 bits per heavy atom. The molecule has 2 aromatic carbocycles. The Morgan fingerprint density at radius 2 is 2.09 bits per heavy atom. The van der Waals surface area contributed by atoms with E-state index in [9.17, 15) is 9.59 Å². The molecule has 170 valence electrons. The van der Waals surface area contributed by atoms with Crippen molar-refractivity contribution in [3.8, 4) is 11.5 Å². The third-order valence-corrected chi connectivity index (χ3v) is 6.10. The van der Waals surface area contributed by atoms with Gasteiger partial charge in [-0.1, -0.05) is 29.8 Å². The lowest BCUT2D eigenvalue weighted by molar-refractivity contribution is -0.126. The monoisotopic (exact) mass is 458 g/mol. The minimum Gasteiger partial charge on any atom is -0.493 e. The number of halogens is 1. The van der Waals surface area contributed by atoms with Gasteiger partial charge in [-0.15, -0.1) is 0 Å². The van der Waals surface area contributed by atoms with Gasteiger partial charge in [0.25, 0.3) is 0 Å². The summed E-state index contributed by atoms with van der Waals surface area (Å²) < 4.78 is 16.9. The van der Waals surface area contributed by atoms with Crippen molar-refractivity contribution < 1.29 is 23.8 Å². The first-order chi connectivity index (χ1) is 15.5. The van der Waals surface area contributed by atoms with Crippen LogP contribution in [0.2, 0.25) is 5.02 Å².